The number of carbonyl (C=O) groups excluding carboxylic acids is 1. The van der Waals surface area contributed by atoms with Crippen molar-refractivity contribution < 1.29 is 4.79 Å². The van der Waals surface area contributed by atoms with Crippen LogP contribution in [0.4, 0.5) is 5.69 Å². The van der Waals surface area contributed by atoms with Gasteiger partial charge in [-0.25, -0.2) is 0 Å². The van der Waals surface area contributed by atoms with E-state index in [-0.39, 0.29) is 23.6 Å². The van der Waals surface area contributed by atoms with Crippen LogP contribution < -0.4 is 4.90 Å². The molecule has 2 aromatic carbocycles. The largest absolute Gasteiger partial charge is 0.278 e. The molecular formula is C16H15ClN2OS. The zero-order valence-electron chi connectivity index (χ0n) is 11.2. The molecule has 2 aromatic rings. The topological polar surface area (TPSA) is 44.2 Å². The lowest BCUT2D eigenvalue weighted by atomic mass is 10.1. The van der Waals surface area contributed by atoms with Gasteiger partial charge in [0, 0.05) is 11.7 Å². The predicted octanol–water partition coefficient (Wildman–Crippen LogP) is 4.25. The average Bonchev–Trinajstić information content (AvgIpc) is 2.48. The number of anilines is 1. The molecule has 0 spiro atoms. The van der Waals surface area contributed by atoms with E-state index in [0.717, 1.165) is 11.3 Å². The molecular weight excluding hydrogens is 304 g/mol. The molecule has 5 heteroatoms. The summed E-state index contributed by atoms with van der Waals surface area (Å²) in [6.07, 6.45) is 0.423. The second-order valence-electron chi connectivity index (χ2n) is 4.59. The maximum Gasteiger partial charge on any atom is 0.234 e. The van der Waals surface area contributed by atoms with E-state index in [1.165, 1.54) is 16.7 Å². The van der Waals surface area contributed by atoms with Crippen molar-refractivity contribution in [2.45, 2.75) is 11.7 Å². The van der Waals surface area contributed by atoms with Crippen molar-refractivity contribution in [3.8, 4) is 0 Å². The van der Waals surface area contributed by atoms with Gasteiger partial charge < -0.3 is 0 Å². The normalized spacial score (nSPS) is 18.3. The highest BCUT2D eigenvalue weighted by atomic mass is 35.5. The molecule has 0 radical (unpaired) electrons. The Labute approximate surface area is 134 Å². The van der Waals surface area contributed by atoms with Gasteiger partial charge in [0.1, 0.15) is 0 Å². The molecule has 1 atom stereocenters. The first-order chi connectivity index (χ1) is 9.75. The van der Waals surface area contributed by atoms with Gasteiger partial charge in [-0.15, -0.1) is 12.4 Å². The molecule has 1 aliphatic rings. The fraction of sp³-hybridized carbons (Fsp3) is 0.125. The maximum atomic E-state index is 12.4. The van der Waals surface area contributed by atoms with Crippen LogP contribution in [-0.4, -0.2) is 11.1 Å². The summed E-state index contributed by atoms with van der Waals surface area (Å²) in [4.78, 5) is 13.9. The number of rotatable bonds is 2. The summed E-state index contributed by atoms with van der Waals surface area (Å²) in [6, 6.07) is 19.3. The van der Waals surface area contributed by atoms with Crippen molar-refractivity contribution in [1.29, 1.82) is 5.41 Å². The molecule has 0 aliphatic carbocycles. The van der Waals surface area contributed by atoms with Crippen LogP contribution in [0.1, 0.15) is 17.2 Å². The first-order valence-corrected chi connectivity index (χ1v) is 7.32. The molecule has 0 aromatic heterocycles. The van der Waals surface area contributed by atoms with E-state index in [1.807, 2.05) is 60.7 Å². The lowest BCUT2D eigenvalue weighted by Crippen LogP contribution is -2.39. The first kappa shape index (κ1) is 15.6. The molecule has 1 fully saturated rings. The minimum atomic E-state index is -0.0196. The summed E-state index contributed by atoms with van der Waals surface area (Å²) in [5.41, 5.74) is 1.87. The second kappa shape index (κ2) is 6.78. The van der Waals surface area contributed by atoms with Crippen molar-refractivity contribution in [1.82, 2.24) is 0 Å². The number of hydrogen-bond acceptors (Lipinski definition) is 3. The van der Waals surface area contributed by atoms with Gasteiger partial charge in [-0.05, 0) is 17.7 Å². The van der Waals surface area contributed by atoms with Gasteiger partial charge in [-0.3, -0.25) is 15.1 Å². The zero-order chi connectivity index (χ0) is 13.9. The smallest absolute Gasteiger partial charge is 0.234 e. The summed E-state index contributed by atoms with van der Waals surface area (Å²) in [6.45, 7) is 0. The standard InChI is InChI=1S/C16H14N2OS.ClH/c17-16-18(13-9-5-2-6-10-13)15(19)11-14(20-16)12-7-3-1-4-8-12;/h1-10,14,17H,11H2;1H. The number of amides is 1. The number of halogens is 1. The van der Waals surface area contributed by atoms with Crippen LogP contribution in [0.25, 0.3) is 0 Å². The Morgan fingerprint density at radius 2 is 1.57 bits per heavy atom. The second-order valence-corrected chi connectivity index (χ2v) is 5.78. The van der Waals surface area contributed by atoms with Gasteiger partial charge in [0.05, 0.1) is 5.69 Å². The Balaban J connectivity index is 0.00000161. The third-order valence-electron chi connectivity index (χ3n) is 3.25. The molecule has 1 aliphatic heterocycles. The van der Waals surface area contributed by atoms with Crippen LogP contribution in [0.5, 0.6) is 0 Å². The van der Waals surface area contributed by atoms with Crippen LogP contribution in [-0.2, 0) is 4.79 Å². The predicted molar refractivity (Wildman–Crippen MR) is 90.3 cm³/mol. The highest BCUT2D eigenvalue weighted by molar-refractivity contribution is 8.14. The molecule has 1 N–H and O–H groups in total. The summed E-state index contributed by atoms with van der Waals surface area (Å²) >= 11 is 1.43. The average molecular weight is 319 g/mol. The Kier molecular flexibility index (Phi) is 5.04. The highest BCUT2D eigenvalue weighted by Gasteiger charge is 2.32. The number of nitrogens with one attached hydrogen (secondary N) is 1. The Hall–Kier alpha value is -1.78. The van der Waals surface area contributed by atoms with Crippen molar-refractivity contribution >= 4 is 40.9 Å². The number of carbonyl (C=O) groups is 1. The Morgan fingerprint density at radius 1 is 1.00 bits per heavy atom. The van der Waals surface area contributed by atoms with Gasteiger partial charge in [0.2, 0.25) is 5.91 Å². The summed E-state index contributed by atoms with van der Waals surface area (Å²) in [7, 11) is 0. The highest BCUT2D eigenvalue weighted by Crippen LogP contribution is 2.39. The van der Waals surface area contributed by atoms with Crippen LogP contribution in [0, 0.1) is 5.41 Å². The van der Waals surface area contributed by atoms with Gasteiger partial charge in [-0.1, -0.05) is 60.3 Å². The molecule has 108 valence electrons. The summed E-state index contributed by atoms with van der Waals surface area (Å²) < 4.78 is 0. The van der Waals surface area contributed by atoms with Crippen LogP contribution in [0.15, 0.2) is 60.7 Å². The minimum Gasteiger partial charge on any atom is -0.278 e. The van der Waals surface area contributed by atoms with E-state index in [9.17, 15) is 4.79 Å². The van der Waals surface area contributed by atoms with Gasteiger partial charge >= 0.3 is 0 Å². The molecule has 0 saturated carbocycles. The third-order valence-corrected chi connectivity index (χ3v) is 4.38. The van der Waals surface area contributed by atoms with Crippen LogP contribution in [0.2, 0.25) is 0 Å². The first-order valence-electron chi connectivity index (χ1n) is 6.44. The lowest BCUT2D eigenvalue weighted by molar-refractivity contribution is -0.117. The van der Waals surface area contributed by atoms with Crippen molar-refractivity contribution in [3.05, 3.63) is 66.2 Å². The molecule has 3 rings (SSSR count). The number of benzene rings is 2. The number of hydrogen-bond donors (Lipinski definition) is 1. The molecule has 21 heavy (non-hydrogen) atoms. The number of para-hydroxylation sites is 1. The molecule has 1 amide bonds. The number of thioether (sulfide) groups is 1. The maximum absolute atomic E-state index is 12.4. The molecule has 1 saturated heterocycles. The van der Waals surface area contributed by atoms with Crippen LogP contribution in [0.3, 0.4) is 0 Å². The Morgan fingerprint density at radius 3 is 2.14 bits per heavy atom. The molecule has 3 nitrogen and oxygen atoms in total. The number of nitrogens with zero attached hydrogens (tertiary/aromatic N) is 1. The van der Waals surface area contributed by atoms with E-state index < -0.39 is 0 Å². The van der Waals surface area contributed by atoms with E-state index in [4.69, 9.17) is 5.41 Å². The number of amidine groups is 1. The summed E-state index contributed by atoms with van der Waals surface area (Å²) in [5, 5.41) is 8.49. The van der Waals surface area contributed by atoms with Crippen molar-refractivity contribution in [2.24, 2.45) is 0 Å². The monoisotopic (exact) mass is 318 g/mol. The van der Waals surface area contributed by atoms with E-state index >= 15 is 0 Å². The van der Waals surface area contributed by atoms with Gasteiger partial charge in [-0.2, -0.15) is 0 Å². The van der Waals surface area contributed by atoms with Gasteiger partial charge in [0.15, 0.2) is 5.17 Å². The molecule has 1 heterocycles. The molecule has 1 unspecified atom stereocenters. The van der Waals surface area contributed by atoms with Crippen LogP contribution >= 0.6 is 24.2 Å². The van der Waals surface area contributed by atoms with E-state index in [2.05, 4.69) is 0 Å². The van der Waals surface area contributed by atoms with Gasteiger partial charge in [0.25, 0.3) is 0 Å². The van der Waals surface area contributed by atoms with Crippen molar-refractivity contribution in [3.63, 3.8) is 0 Å². The van der Waals surface area contributed by atoms with Crippen molar-refractivity contribution in [2.75, 3.05) is 4.90 Å². The fourth-order valence-electron chi connectivity index (χ4n) is 2.28. The lowest BCUT2D eigenvalue weighted by Gasteiger charge is -2.31. The van der Waals surface area contributed by atoms with E-state index in [1.54, 1.807) is 0 Å². The summed E-state index contributed by atoms with van der Waals surface area (Å²) in [5.74, 6) is -0.0196. The Bertz CT molecular complexity index is 615. The van der Waals surface area contributed by atoms with E-state index in [0.29, 0.717) is 11.6 Å². The molecule has 0 bridgehead atoms. The minimum absolute atomic E-state index is 0. The zero-order valence-corrected chi connectivity index (χ0v) is 12.9. The fourth-order valence-corrected chi connectivity index (χ4v) is 3.39. The SMILES string of the molecule is Cl.N=C1SC(c2ccccc2)CC(=O)N1c1ccccc1. The third kappa shape index (κ3) is 3.28. The quantitative estimate of drug-likeness (QED) is 0.899.